The summed E-state index contributed by atoms with van der Waals surface area (Å²) in [6, 6.07) is -0.461. The molecule has 1 aliphatic carbocycles. The van der Waals surface area contributed by atoms with E-state index in [1.807, 2.05) is 0 Å². The highest BCUT2D eigenvalue weighted by Gasteiger charge is 2.51. The lowest BCUT2D eigenvalue weighted by Gasteiger charge is -2.27. The minimum Gasteiger partial charge on any atom is -0.390 e. The molecule has 1 saturated carbocycles. The Bertz CT molecular complexity index is 1980. The summed E-state index contributed by atoms with van der Waals surface area (Å²) in [5, 5.41) is 10.8. The molecule has 0 aromatic carbocycles. The lowest BCUT2D eigenvalue weighted by atomic mass is 10.1. The Morgan fingerprint density at radius 1 is 0.956 bits per heavy atom. The van der Waals surface area contributed by atoms with Gasteiger partial charge in [-0.15, -0.1) is 0 Å². The third kappa shape index (κ3) is 6.18. The summed E-state index contributed by atoms with van der Waals surface area (Å²) >= 11 is 5.17. The molecule has 4 N–H and O–H groups in total. The van der Waals surface area contributed by atoms with Crippen molar-refractivity contribution in [3.8, 4) is 0 Å². The fourth-order valence-corrected chi connectivity index (χ4v) is 7.58. The normalized spacial score (nSPS) is 28.7. The van der Waals surface area contributed by atoms with Gasteiger partial charge >= 0.3 is 14.5 Å². The van der Waals surface area contributed by atoms with Gasteiger partial charge in [-0.05, 0) is 24.6 Å². The maximum Gasteiger partial charge on any atom is 0.469 e. The number of aromatic nitrogens is 8. The number of alkyl halides is 1. The number of halogens is 1. The van der Waals surface area contributed by atoms with Crippen LogP contribution >= 0.6 is 14.5 Å². The molecule has 8 atom stereocenters. The van der Waals surface area contributed by atoms with Crippen LogP contribution in [0.4, 0.5) is 4.39 Å². The van der Waals surface area contributed by atoms with Crippen LogP contribution in [0.2, 0.25) is 0 Å². The van der Waals surface area contributed by atoms with Crippen LogP contribution in [0.25, 0.3) is 22.3 Å². The molecule has 1 unspecified atom stereocenters. The van der Waals surface area contributed by atoms with E-state index in [0.717, 1.165) is 10.9 Å². The van der Waals surface area contributed by atoms with Crippen LogP contribution in [0.15, 0.2) is 34.9 Å². The summed E-state index contributed by atoms with van der Waals surface area (Å²) in [6.07, 6.45) is -4.09. The number of phosphoric ester groups is 1. The lowest BCUT2D eigenvalue weighted by Crippen LogP contribution is -2.34. The standard InChI is InChI=1S/C22H27FN8O11P2S/c1-28-6-26-18-15(20(28)33)24-8-30(18)10-3-11(32)12(4-10)41-44(38,45)42-17-13(5-39-43(35,36)37)40-22(14(17)23)31-9-25-16-19(31)27-7-29(2)21(16)34/h6-14,17,22,32H,3-5H2,1-2H3,(H,38,45)(H2,35,36,37)/t10-,11-,12-,13+,14+,17+,22+,44?/m0/s1. The third-order valence-corrected chi connectivity index (χ3v) is 9.65. The van der Waals surface area contributed by atoms with Crippen molar-refractivity contribution in [1.29, 1.82) is 0 Å². The maximum absolute atomic E-state index is 16.0. The quantitative estimate of drug-likeness (QED) is 0.159. The molecule has 45 heavy (non-hydrogen) atoms. The van der Waals surface area contributed by atoms with Gasteiger partial charge in [0.15, 0.2) is 34.7 Å². The summed E-state index contributed by atoms with van der Waals surface area (Å²) in [4.78, 5) is 70.7. The Labute approximate surface area is 256 Å². The number of nitrogens with zero attached hydrogens (tertiary/aromatic N) is 8. The number of imidazole rings is 2. The molecule has 0 bridgehead atoms. The molecule has 5 heterocycles. The van der Waals surface area contributed by atoms with Crippen molar-refractivity contribution in [2.75, 3.05) is 6.61 Å². The summed E-state index contributed by atoms with van der Waals surface area (Å²) in [5.74, 6) is 0. The van der Waals surface area contributed by atoms with E-state index in [1.54, 1.807) is 4.57 Å². The van der Waals surface area contributed by atoms with Gasteiger partial charge in [0.25, 0.3) is 11.1 Å². The molecule has 1 aliphatic heterocycles. The molecule has 0 radical (unpaired) electrons. The molecular formula is C22H27FN8O11P2S. The van der Waals surface area contributed by atoms with Crippen LogP contribution in [-0.2, 0) is 48.8 Å². The molecular weight excluding hydrogens is 665 g/mol. The average molecular weight is 693 g/mol. The van der Waals surface area contributed by atoms with Gasteiger partial charge in [0, 0.05) is 20.1 Å². The fourth-order valence-electron chi connectivity index (χ4n) is 5.43. The zero-order valence-corrected chi connectivity index (χ0v) is 26.0. The van der Waals surface area contributed by atoms with Crippen LogP contribution in [0.1, 0.15) is 25.1 Å². The van der Waals surface area contributed by atoms with Gasteiger partial charge in [0.05, 0.1) is 44.1 Å². The highest BCUT2D eigenvalue weighted by atomic mass is 32.5. The van der Waals surface area contributed by atoms with Crippen molar-refractivity contribution < 1.29 is 47.1 Å². The first-order valence-corrected chi connectivity index (χ1v) is 17.4. The number of ether oxygens (including phenoxy) is 1. The maximum atomic E-state index is 16.0. The van der Waals surface area contributed by atoms with E-state index in [1.165, 1.54) is 42.2 Å². The molecule has 4 aromatic heterocycles. The van der Waals surface area contributed by atoms with Crippen molar-refractivity contribution in [1.82, 2.24) is 38.2 Å². The minimum atomic E-state index is -5.04. The van der Waals surface area contributed by atoms with Crippen LogP contribution in [0.3, 0.4) is 0 Å². The Morgan fingerprint density at radius 2 is 1.53 bits per heavy atom. The van der Waals surface area contributed by atoms with Crippen LogP contribution in [0, 0.1) is 0 Å². The van der Waals surface area contributed by atoms with Crippen LogP contribution in [-0.4, -0.2) is 95.2 Å². The van der Waals surface area contributed by atoms with Crippen LogP contribution < -0.4 is 11.1 Å². The largest absolute Gasteiger partial charge is 0.469 e. The zero-order valence-electron chi connectivity index (χ0n) is 23.4. The number of fused-ring (bicyclic) bond motifs is 2. The number of hydrogen-bond donors (Lipinski definition) is 4. The summed E-state index contributed by atoms with van der Waals surface area (Å²) in [5.41, 5.74) is -0.594. The predicted octanol–water partition coefficient (Wildman–Crippen LogP) is -0.699. The topological polar surface area (TPSA) is 240 Å². The smallest absolute Gasteiger partial charge is 0.390 e. The number of aliphatic hydroxyl groups is 1. The van der Waals surface area contributed by atoms with Crippen molar-refractivity contribution in [2.24, 2.45) is 14.1 Å². The molecule has 4 aromatic rings. The third-order valence-electron chi connectivity index (χ3n) is 7.60. The number of aliphatic hydroxyl groups excluding tert-OH is 1. The Morgan fingerprint density at radius 3 is 2.13 bits per heavy atom. The molecule has 244 valence electrons. The number of aryl methyl sites for hydroxylation is 2. The molecule has 2 fully saturated rings. The van der Waals surface area contributed by atoms with E-state index < -0.39 is 69.6 Å². The Hall–Kier alpha value is -2.81. The van der Waals surface area contributed by atoms with Gasteiger partial charge in [-0.3, -0.25) is 23.2 Å². The summed E-state index contributed by atoms with van der Waals surface area (Å²) in [7, 11) is -2.06. The van der Waals surface area contributed by atoms with Crippen molar-refractivity contribution in [3.63, 3.8) is 0 Å². The van der Waals surface area contributed by atoms with Crippen LogP contribution in [0.5, 0.6) is 0 Å². The molecule has 0 amide bonds. The highest BCUT2D eigenvalue weighted by Crippen LogP contribution is 2.53. The van der Waals surface area contributed by atoms with Crippen molar-refractivity contribution in [2.45, 2.75) is 55.7 Å². The summed E-state index contributed by atoms with van der Waals surface area (Å²) < 4.78 is 53.9. The monoisotopic (exact) mass is 692 g/mol. The van der Waals surface area contributed by atoms with E-state index >= 15 is 4.39 Å². The second kappa shape index (κ2) is 11.8. The van der Waals surface area contributed by atoms with Crippen molar-refractivity contribution >= 4 is 48.7 Å². The van der Waals surface area contributed by atoms with Gasteiger partial charge in [-0.25, -0.2) is 28.9 Å². The molecule has 1 saturated heterocycles. The first-order valence-electron chi connectivity index (χ1n) is 13.3. The van der Waals surface area contributed by atoms with Gasteiger partial charge < -0.3 is 42.7 Å². The summed E-state index contributed by atoms with van der Waals surface area (Å²) in [6.45, 7) is -5.26. The minimum absolute atomic E-state index is 0.0415. The molecule has 19 nitrogen and oxygen atoms in total. The average Bonchev–Trinajstić information content (AvgIpc) is 3.73. The number of phosphoric acid groups is 1. The van der Waals surface area contributed by atoms with Crippen molar-refractivity contribution in [3.05, 3.63) is 46.0 Å². The van der Waals surface area contributed by atoms with E-state index in [4.69, 9.17) is 25.6 Å². The molecule has 6 rings (SSSR count). The van der Waals surface area contributed by atoms with E-state index in [2.05, 4.69) is 24.5 Å². The highest BCUT2D eigenvalue weighted by molar-refractivity contribution is 8.07. The van der Waals surface area contributed by atoms with E-state index in [-0.39, 0.29) is 40.7 Å². The SMILES string of the molecule is Cn1cnc2c(ncn2[C@@H]2C[C@H](OP(O)(=S)O[C@H]3[C@@H](F)[C@H](n4cnc5c(=O)n(C)cnc54)O[C@@H]3COP(=O)(O)O)[C@@H](O)C2)c1=O. The van der Waals surface area contributed by atoms with E-state index in [0.29, 0.717) is 0 Å². The molecule has 2 aliphatic rings. The van der Waals surface area contributed by atoms with E-state index in [9.17, 15) is 33.9 Å². The van der Waals surface area contributed by atoms with Gasteiger partial charge in [0.1, 0.15) is 12.2 Å². The van der Waals surface area contributed by atoms with Gasteiger partial charge in [0.2, 0.25) is 0 Å². The second-order valence-corrected chi connectivity index (χ2v) is 14.6. The second-order valence-electron chi connectivity index (χ2n) is 10.6. The number of rotatable bonds is 9. The first kappa shape index (κ1) is 32.1. The molecule has 23 heteroatoms. The number of hydrogen-bond acceptors (Lipinski definition) is 13. The van der Waals surface area contributed by atoms with Gasteiger partial charge in [-0.1, -0.05) is 0 Å². The Balaban J connectivity index is 1.22. The fraction of sp³-hybridized carbons (Fsp3) is 0.545. The lowest BCUT2D eigenvalue weighted by molar-refractivity contribution is -0.0454. The Kier molecular flexibility index (Phi) is 8.41. The predicted molar refractivity (Wildman–Crippen MR) is 153 cm³/mol. The zero-order chi connectivity index (χ0) is 32.4. The van der Waals surface area contributed by atoms with Gasteiger partial charge in [-0.2, -0.15) is 0 Å². The first-order chi connectivity index (χ1) is 21.1. The molecule has 0 spiro atoms.